The molecule has 5 atom stereocenters. The highest BCUT2D eigenvalue weighted by molar-refractivity contribution is 5.72. The Morgan fingerprint density at radius 2 is 1.00 bits per heavy atom. The maximum Gasteiger partial charge on any atom is 0.308 e. The van der Waals surface area contributed by atoms with Gasteiger partial charge in [0.1, 0.15) is 6.10 Å². The molecule has 32 heavy (non-hydrogen) atoms. The van der Waals surface area contributed by atoms with Crippen molar-refractivity contribution in [3.8, 4) is 0 Å². The van der Waals surface area contributed by atoms with Crippen LogP contribution in [0.25, 0.3) is 0 Å². The molecule has 0 aromatic heterocycles. The van der Waals surface area contributed by atoms with Gasteiger partial charge in [-0.05, 0) is 25.7 Å². The van der Waals surface area contributed by atoms with Gasteiger partial charge in [-0.15, -0.1) is 0 Å². The van der Waals surface area contributed by atoms with Crippen LogP contribution in [0.1, 0.15) is 79.1 Å². The summed E-state index contributed by atoms with van der Waals surface area (Å²) in [5.74, 6) is -2.42. The van der Waals surface area contributed by atoms with Gasteiger partial charge in [-0.25, -0.2) is 0 Å². The molecule has 1 fully saturated rings. The summed E-state index contributed by atoms with van der Waals surface area (Å²) in [6, 6.07) is 0. The number of rotatable bonds is 13. The average Bonchev–Trinajstić information content (AvgIpc) is 2.72. The maximum absolute atomic E-state index is 12.3. The van der Waals surface area contributed by atoms with Gasteiger partial charge in [-0.1, -0.05) is 27.7 Å². The molecule has 1 saturated heterocycles. The van der Waals surface area contributed by atoms with E-state index in [-0.39, 0.29) is 25.7 Å². The zero-order chi connectivity index (χ0) is 24.1. The molecule has 10 heteroatoms. The van der Waals surface area contributed by atoms with Crippen LogP contribution in [0.3, 0.4) is 0 Å². The third kappa shape index (κ3) is 8.74. The summed E-state index contributed by atoms with van der Waals surface area (Å²) < 4.78 is 27.5. The van der Waals surface area contributed by atoms with E-state index in [0.717, 1.165) is 0 Å². The molecule has 0 radical (unpaired) electrons. The summed E-state index contributed by atoms with van der Waals surface area (Å²) in [6.45, 7) is 6.54. The van der Waals surface area contributed by atoms with Crippen molar-refractivity contribution in [1.29, 1.82) is 0 Å². The first kappa shape index (κ1) is 27.8. The Morgan fingerprint density at radius 3 is 1.41 bits per heavy atom. The summed E-state index contributed by atoms with van der Waals surface area (Å²) in [5, 5.41) is 9.86. The minimum Gasteiger partial charge on any atom is -0.455 e. The van der Waals surface area contributed by atoms with Gasteiger partial charge in [-0.2, -0.15) is 0 Å². The van der Waals surface area contributed by atoms with Crippen molar-refractivity contribution >= 4 is 23.9 Å². The minimum atomic E-state index is -1.44. The third-order valence-electron chi connectivity index (χ3n) is 4.64. The van der Waals surface area contributed by atoms with E-state index in [1.807, 2.05) is 0 Å². The maximum atomic E-state index is 12.3. The molecule has 0 amide bonds. The summed E-state index contributed by atoms with van der Waals surface area (Å²) in [7, 11) is 0. The van der Waals surface area contributed by atoms with Gasteiger partial charge in [0.2, 0.25) is 12.4 Å². The van der Waals surface area contributed by atoms with Crippen LogP contribution in [-0.2, 0) is 42.9 Å². The Kier molecular flexibility index (Phi) is 12.9. The molecule has 10 nitrogen and oxygen atoms in total. The number of esters is 4. The number of hydrogen-bond donors (Lipinski definition) is 1. The Labute approximate surface area is 188 Å². The van der Waals surface area contributed by atoms with E-state index in [4.69, 9.17) is 23.7 Å². The molecule has 0 saturated carbocycles. The molecule has 0 spiro atoms. The number of hydrogen-bond acceptors (Lipinski definition) is 10. The van der Waals surface area contributed by atoms with Gasteiger partial charge in [0.05, 0.1) is 6.61 Å². The number of ether oxygens (including phenoxy) is 5. The van der Waals surface area contributed by atoms with Crippen LogP contribution in [0.15, 0.2) is 0 Å². The SMILES string of the molecule is CCCC(=O)OC1O[C@H](CO)[C@H](OC(=O)CCC)[C@H](OC(=O)CCC)[C@H]1OC(=O)CCC. The van der Waals surface area contributed by atoms with Crippen LogP contribution in [0.5, 0.6) is 0 Å². The average molecular weight is 461 g/mol. The Bertz CT molecular complexity index is 620. The smallest absolute Gasteiger partial charge is 0.308 e. The summed E-state index contributed by atoms with van der Waals surface area (Å²) in [6.07, 6.45) is -4.15. The minimum absolute atomic E-state index is 0.0749. The molecule has 1 aliphatic rings. The Morgan fingerprint density at radius 1 is 0.625 bits per heavy atom. The molecule has 1 heterocycles. The second-order valence-electron chi connectivity index (χ2n) is 7.58. The van der Waals surface area contributed by atoms with E-state index < -0.39 is 61.2 Å². The first-order chi connectivity index (χ1) is 15.3. The summed E-state index contributed by atoms with van der Waals surface area (Å²) >= 11 is 0. The van der Waals surface area contributed by atoms with Crippen molar-refractivity contribution in [3.05, 3.63) is 0 Å². The first-order valence-corrected chi connectivity index (χ1v) is 11.3. The molecular weight excluding hydrogens is 424 g/mol. The molecule has 0 aromatic carbocycles. The number of carbonyl (C=O) groups excluding carboxylic acids is 4. The monoisotopic (exact) mass is 460 g/mol. The summed E-state index contributed by atoms with van der Waals surface area (Å²) in [5.41, 5.74) is 0. The molecule has 1 rings (SSSR count). The van der Waals surface area contributed by atoms with Crippen molar-refractivity contribution in [2.75, 3.05) is 6.61 Å². The van der Waals surface area contributed by atoms with Gasteiger partial charge >= 0.3 is 23.9 Å². The van der Waals surface area contributed by atoms with Gasteiger partial charge < -0.3 is 28.8 Å². The highest BCUT2D eigenvalue weighted by Crippen LogP contribution is 2.30. The fraction of sp³-hybridized carbons (Fsp3) is 0.818. The van der Waals surface area contributed by atoms with Crippen molar-refractivity contribution in [1.82, 2.24) is 0 Å². The van der Waals surface area contributed by atoms with Gasteiger partial charge in [0.25, 0.3) is 0 Å². The Hall–Kier alpha value is -2.20. The zero-order valence-electron chi connectivity index (χ0n) is 19.4. The normalized spacial score (nSPS) is 25.0. The molecule has 0 bridgehead atoms. The molecule has 1 aliphatic heterocycles. The lowest BCUT2D eigenvalue weighted by Crippen LogP contribution is -2.63. The van der Waals surface area contributed by atoms with Crippen LogP contribution < -0.4 is 0 Å². The highest BCUT2D eigenvalue weighted by Gasteiger charge is 2.53. The number of aliphatic hydroxyl groups excluding tert-OH is 1. The fourth-order valence-electron chi connectivity index (χ4n) is 3.16. The predicted octanol–water partition coefficient (Wildman–Crippen LogP) is 2.18. The highest BCUT2D eigenvalue weighted by atomic mass is 16.7. The summed E-state index contributed by atoms with van der Waals surface area (Å²) in [4.78, 5) is 49.0. The molecule has 0 aromatic rings. The lowest BCUT2D eigenvalue weighted by Gasteiger charge is -2.43. The molecule has 1 N–H and O–H groups in total. The van der Waals surface area contributed by atoms with Crippen molar-refractivity contribution in [2.45, 2.75) is 110 Å². The third-order valence-corrected chi connectivity index (χ3v) is 4.64. The lowest BCUT2D eigenvalue weighted by atomic mass is 9.98. The quantitative estimate of drug-likeness (QED) is 0.322. The van der Waals surface area contributed by atoms with Crippen LogP contribution in [0.4, 0.5) is 0 Å². The number of aliphatic hydroxyl groups is 1. The van der Waals surface area contributed by atoms with Gasteiger partial charge in [0.15, 0.2) is 12.2 Å². The van der Waals surface area contributed by atoms with E-state index in [2.05, 4.69) is 0 Å². The van der Waals surface area contributed by atoms with E-state index in [9.17, 15) is 24.3 Å². The number of carbonyl (C=O) groups is 4. The standard InChI is InChI=1S/C22H36O10/c1-5-9-15(24)29-19-14(13-23)28-22(32-18(27)12-8-4)21(31-17(26)11-7-3)20(19)30-16(25)10-6-2/h14,19-23H,5-13H2,1-4H3/t14-,19+,20+,21-,22?/m1/s1. The largest absolute Gasteiger partial charge is 0.455 e. The molecule has 1 unspecified atom stereocenters. The van der Waals surface area contributed by atoms with Crippen LogP contribution in [0, 0.1) is 0 Å². The van der Waals surface area contributed by atoms with Gasteiger partial charge in [0, 0.05) is 25.7 Å². The van der Waals surface area contributed by atoms with E-state index in [1.165, 1.54) is 0 Å². The molecular formula is C22H36O10. The Balaban J connectivity index is 3.32. The van der Waals surface area contributed by atoms with Gasteiger partial charge in [-0.3, -0.25) is 19.2 Å². The van der Waals surface area contributed by atoms with Crippen LogP contribution >= 0.6 is 0 Å². The lowest BCUT2D eigenvalue weighted by molar-refractivity contribution is -0.301. The van der Waals surface area contributed by atoms with Crippen molar-refractivity contribution in [3.63, 3.8) is 0 Å². The predicted molar refractivity (Wildman–Crippen MR) is 111 cm³/mol. The van der Waals surface area contributed by atoms with Crippen molar-refractivity contribution < 1.29 is 48.0 Å². The van der Waals surface area contributed by atoms with Crippen LogP contribution in [0.2, 0.25) is 0 Å². The fourth-order valence-corrected chi connectivity index (χ4v) is 3.16. The van der Waals surface area contributed by atoms with Crippen molar-refractivity contribution in [2.24, 2.45) is 0 Å². The topological polar surface area (TPSA) is 135 Å². The second kappa shape index (κ2) is 14.8. The first-order valence-electron chi connectivity index (χ1n) is 11.3. The van der Waals surface area contributed by atoms with E-state index in [1.54, 1.807) is 27.7 Å². The van der Waals surface area contributed by atoms with E-state index in [0.29, 0.717) is 25.7 Å². The molecule has 184 valence electrons. The molecule has 0 aliphatic carbocycles. The van der Waals surface area contributed by atoms with Crippen LogP contribution in [-0.4, -0.2) is 66.3 Å². The second-order valence-corrected chi connectivity index (χ2v) is 7.58. The van der Waals surface area contributed by atoms with E-state index >= 15 is 0 Å². The zero-order valence-corrected chi connectivity index (χ0v) is 19.4.